The van der Waals surface area contributed by atoms with Gasteiger partial charge in [0.25, 0.3) is 11.5 Å². The molecule has 0 unspecified atom stereocenters. The van der Waals surface area contributed by atoms with Crippen LogP contribution in [0.5, 0.6) is 0 Å². The number of fused-ring (bicyclic) bond motifs is 1. The highest BCUT2D eigenvalue weighted by atomic mass is 19.1. The SMILES string of the molecule is CC(C)CCn1nc(C(=O)NCc2ccc(F)cc2)c2ccccc2c1=O. The van der Waals surface area contributed by atoms with Crippen LogP contribution >= 0.6 is 0 Å². The number of aryl methyl sites for hydroxylation is 1. The lowest BCUT2D eigenvalue weighted by Gasteiger charge is -2.12. The zero-order chi connectivity index (χ0) is 19.4. The lowest BCUT2D eigenvalue weighted by Crippen LogP contribution is -2.30. The van der Waals surface area contributed by atoms with E-state index in [0.717, 1.165) is 12.0 Å². The van der Waals surface area contributed by atoms with Gasteiger partial charge in [-0.3, -0.25) is 9.59 Å². The van der Waals surface area contributed by atoms with E-state index in [1.807, 2.05) is 0 Å². The number of nitrogens with one attached hydrogen (secondary N) is 1. The number of halogens is 1. The molecule has 0 aliphatic rings. The molecular formula is C21H22FN3O2. The first-order chi connectivity index (χ1) is 13.0. The molecule has 0 aliphatic heterocycles. The van der Waals surface area contributed by atoms with Gasteiger partial charge in [0.05, 0.1) is 5.39 Å². The Kier molecular flexibility index (Phi) is 5.64. The number of rotatable bonds is 6. The Morgan fingerprint density at radius 2 is 1.78 bits per heavy atom. The molecular weight excluding hydrogens is 345 g/mol. The van der Waals surface area contributed by atoms with E-state index in [9.17, 15) is 14.0 Å². The maximum atomic E-state index is 13.0. The summed E-state index contributed by atoms with van der Waals surface area (Å²) >= 11 is 0. The highest BCUT2D eigenvalue weighted by Crippen LogP contribution is 2.14. The van der Waals surface area contributed by atoms with Crippen LogP contribution in [0.4, 0.5) is 4.39 Å². The molecule has 6 heteroatoms. The molecule has 3 rings (SSSR count). The predicted molar refractivity (Wildman–Crippen MR) is 103 cm³/mol. The van der Waals surface area contributed by atoms with Crippen LogP contribution in [-0.4, -0.2) is 15.7 Å². The van der Waals surface area contributed by atoms with Gasteiger partial charge in [-0.15, -0.1) is 0 Å². The van der Waals surface area contributed by atoms with Gasteiger partial charge in [0.2, 0.25) is 0 Å². The zero-order valence-corrected chi connectivity index (χ0v) is 15.4. The van der Waals surface area contributed by atoms with E-state index in [1.165, 1.54) is 16.8 Å². The molecule has 3 aromatic rings. The van der Waals surface area contributed by atoms with Crippen molar-refractivity contribution in [3.05, 3.63) is 76.0 Å². The molecule has 1 amide bonds. The number of aromatic nitrogens is 2. The van der Waals surface area contributed by atoms with E-state index < -0.39 is 0 Å². The molecule has 0 radical (unpaired) electrons. The predicted octanol–water partition coefficient (Wildman–Crippen LogP) is 3.51. The first-order valence-electron chi connectivity index (χ1n) is 8.98. The highest BCUT2D eigenvalue weighted by molar-refractivity contribution is 6.04. The van der Waals surface area contributed by atoms with Crippen LogP contribution in [0.3, 0.4) is 0 Å². The Bertz CT molecular complexity index is 1010. The Labute approximate surface area is 156 Å². The third kappa shape index (κ3) is 4.39. The van der Waals surface area contributed by atoms with E-state index in [-0.39, 0.29) is 29.5 Å². The first kappa shape index (κ1) is 18.8. The molecule has 2 aromatic carbocycles. The van der Waals surface area contributed by atoms with Crippen molar-refractivity contribution in [3.8, 4) is 0 Å². The molecule has 0 bridgehead atoms. The summed E-state index contributed by atoms with van der Waals surface area (Å²) < 4.78 is 14.4. The Morgan fingerprint density at radius 3 is 2.44 bits per heavy atom. The van der Waals surface area contributed by atoms with Crippen molar-refractivity contribution in [2.45, 2.75) is 33.4 Å². The molecule has 140 valence electrons. The summed E-state index contributed by atoms with van der Waals surface area (Å²) in [6, 6.07) is 12.9. The Morgan fingerprint density at radius 1 is 1.11 bits per heavy atom. The minimum atomic E-state index is -0.367. The van der Waals surface area contributed by atoms with Gasteiger partial charge in [-0.05, 0) is 36.1 Å². The third-order valence-electron chi connectivity index (χ3n) is 4.37. The van der Waals surface area contributed by atoms with Gasteiger partial charge >= 0.3 is 0 Å². The van der Waals surface area contributed by atoms with Gasteiger partial charge in [0, 0.05) is 18.5 Å². The maximum Gasteiger partial charge on any atom is 0.274 e. The quantitative estimate of drug-likeness (QED) is 0.725. The minimum Gasteiger partial charge on any atom is -0.347 e. The van der Waals surface area contributed by atoms with E-state index in [4.69, 9.17) is 0 Å². The lowest BCUT2D eigenvalue weighted by molar-refractivity contribution is 0.0945. The number of amides is 1. The summed E-state index contributed by atoms with van der Waals surface area (Å²) in [7, 11) is 0. The lowest BCUT2D eigenvalue weighted by atomic mass is 10.1. The molecule has 0 saturated carbocycles. The third-order valence-corrected chi connectivity index (χ3v) is 4.37. The van der Waals surface area contributed by atoms with Crippen LogP contribution < -0.4 is 10.9 Å². The molecule has 0 atom stereocenters. The summed E-state index contributed by atoms with van der Waals surface area (Å²) in [5, 5.41) is 8.13. The fraction of sp³-hybridized carbons (Fsp3) is 0.286. The monoisotopic (exact) mass is 367 g/mol. The standard InChI is InChI=1S/C21H22FN3O2/c1-14(2)11-12-25-21(27)18-6-4-3-5-17(18)19(24-25)20(26)23-13-15-7-9-16(22)10-8-15/h3-10,14H,11-13H2,1-2H3,(H,23,26). The number of carbonyl (C=O) groups is 1. The van der Waals surface area contributed by atoms with Gasteiger partial charge in [-0.2, -0.15) is 5.10 Å². The van der Waals surface area contributed by atoms with Crippen LogP contribution in [-0.2, 0) is 13.1 Å². The van der Waals surface area contributed by atoms with Crippen LogP contribution in [0.1, 0.15) is 36.3 Å². The zero-order valence-electron chi connectivity index (χ0n) is 15.4. The normalized spacial score (nSPS) is 11.1. The second-order valence-electron chi connectivity index (χ2n) is 6.91. The molecule has 27 heavy (non-hydrogen) atoms. The summed E-state index contributed by atoms with van der Waals surface area (Å²) in [5.41, 5.74) is 0.805. The van der Waals surface area contributed by atoms with Gasteiger partial charge in [-0.25, -0.2) is 9.07 Å². The van der Waals surface area contributed by atoms with Crippen molar-refractivity contribution in [1.29, 1.82) is 0 Å². The van der Waals surface area contributed by atoms with Crippen molar-refractivity contribution in [3.63, 3.8) is 0 Å². The number of hydrogen-bond acceptors (Lipinski definition) is 3. The first-order valence-corrected chi connectivity index (χ1v) is 8.98. The van der Waals surface area contributed by atoms with Crippen molar-refractivity contribution in [1.82, 2.24) is 15.1 Å². The fourth-order valence-electron chi connectivity index (χ4n) is 2.80. The van der Waals surface area contributed by atoms with Crippen LogP contribution in [0, 0.1) is 11.7 Å². The summed E-state index contributed by atoms with van der Waals surface area (Å²) in [6.07, 6.45) is 0.794. The number of benzene rings is 2. The average molecular weight is 367 g/mol. The molecule has 1 heterocycles. The van der Waals surface area contributed by atoms with Crippen molar-refractivity contribution < 1.29 is 9.18 Å². The Balaban J connectivity index is 1.91. The fourth-order valence-corrected chi connectivity index (χ4v) is 2.80. The average Bonchev–Trinajstić information content (AvgIpc) is 2.67. The summed E-state index contributed by atoms with van der Waals surface area (Å²) in [5.74, 6) is -0.273. The summed E-state index contributed by atoms with van der Waals surface area (Å²) in [6.45, 7) is 4.85. The van der Waals surface area contributed by atoms with Crippen LogP contribution in [0.15, 0.2) is 53.3 Å². The Hall–Kier alpha value is -3.02. The van der Waals surface area contributed by atoms with Crippen molar-refractivity contribution in [2.24, 2.45) is 5.92 Å². The van der Waals surface area contributed by atoms with Crippen LogP contribution in [0.25, 0.3) is 10.8 Å². The maximum absolute atomic E-state index is 13.0. The number of nitrogens with zero attached hydrogens (tertiary/aromatic N) is 2. The topological polar surface area (TPSA) is 64.0 Å². The van der Waals surface area contributed by atoms with Crippen molar-refractivity contribution >= 4 is 16.7 Å². The molecule has 0 spiro atoms. The second kappa shape index (κ2) is 8.12. The smallest absolute Gasteiger partial charge is 0.274 e. The molecule has 1 N–H and O–H groups in total. The molecule has 0 saturated heterocycles. The van der Waals surface area contributed by atoms with E-state index in [1.54, 1.807) is 36.4 Å². The van der Waals surface area contributed by atoms with E-state index >= 15 is 0 Å². The molecule has 1 aromatic heterocycles. The largest absolute Gasteiger partial charge is 0.347 e. The van der Waals surface area contributed by atoms with Crippen LogP contribution in [0.2, 0.25) is 0 Å². The molecule has 5 nitrogen and oxygen atoms in total. The van der Waals surface area contributed by atoms with Gasteiger partial charge in [0.1, 0.15) is 5.82 Å². The molecule has 0 aliphatic carbocycles. The van der Waals surface area contributed by atoms with Gasteiger partial charge in [0.15, 0.2) is 5.69 Å². The highest BCUT2D eigenvalue weighted by Gasteiger charge is 2.16. The second-order valence-corrected chi connectivity index (χ2v) is 6.91. The van der Waals surface area contributed by atoms with Gasteiger partial charge < -0.3 is 5.32 Å². The van der Waals surface area contributed by atoms with Gasteiger partial charge in [-0.1, -0.05) is 44.2 Å². The molecule has 0 fully saturated rings. The van der Waals surface area contributed by atoms with E-state index in [0.29, 0.717) is 23.2 Å². The summed E-state index contributed by atoms with van der Waals surface area (Å²) in [4.78, 5) is 25.4. The minimum absolute atomic E-state index is 0.193. The number of carbonyl (C=O) groups excluding carboxylic acids is 1. The number of hydrogen-bond donors (Lipinski definition) is 1. The van der Waals surface area contributed by atoms with E-state index in [2.05, 4.69) is 24.3 Å². The van der Waals surface area contributed by atoms with Crippen molar-refractivity contribution in [2.75, 3.05) is 0 Å².